The molecule has 1 heterocycles. The Kier molecular flexibility index (Phi) is 5.11. The molecule has 0 radical (unpaired) electrons. The number of para-hydroxylation sites is 1. The van der Waals surface area contributed by atoms with E-state index >= 15 is 0 Å². The van der Waals surface area contributed by atoms with E-state index in [9.17, 15) is 4.79 Å². The van der Waals surface area contributed by atoms with Crippen LogP contribution < -0.4 is 10.1 Å². The van der Waals surface area contributed by atoms with Gasteiger partial charge in [0.1, 0.15) is 12.4 Å². The average Bonchev–Trinajstić information content (AvgIpc) is 3.04. The van der Waals surface area contributed by atoms with E-state index in [1.165, 1.54) is 0 Å². The van der Waals surface area contributed by atoms with Gasteiger partial charge in [0.2, 0.25) is 0 Å². The van der Waals surface area contributed by atoms with E-state index < -0.39 is 0 Å². The van der Waals surface area contributed by atoms with Gasteiger partial charge in [-0.2, -0.15) is 5.10 Å². The van der Waals surface area contributed by atoms with E-state index in [1.54, 1.807) is 35.0 Å². The van der Waals surface area contributed by atoms with Gasteiger partial charge in [0.15, 0.2) is 5.69 Å². The topological polar surface area (TPSA) is 76.4 Å². The summed E-state index contributed by atoms with van der Waals surface area (Å²) in [5.74, 6) is 0.359. The van der Waals surface area contributed by atoms with Crippen LogP contribution in [-0.2, 0) is 0 Å². The summed E-state index contributed by atoms with van der Waals surface area (Å²) < 4.78 is 7.03. The van der Waals surface area contributed by atoms with Gasteiger partial charge in [-0.25, -0.2) is 4.68 Å². The summed E-state index contributed by atoms with van der Waals surface area (Å²) in [6, 6.07) is 18.4. The number of amides is 1. The van der Waals surface area contributed by atoms with Crippen molar-refractivity contribution in [1.29, 1.82) is 0 Å². The first-order valence-corrected chi connectivity index (χ1v) is 7.94. The Bertz CT molecular complexity index is 842. The molecule has 1 aromatic heterocycles. The number of anilines is 1. The van der Waals surface area contributed by atoms with E-state index in [0.29, 0.717) is 17.1 Å². The number of aliphatic hydroxyl groups is 1. The van der Waals surface area contributed by atoms with Crippen molar-refractivity contribution >= 4 is 11.6 Å². The van der Waals surface area contributed by atoms with Crippen LogP contribution in [0.1, 0.15) is 16.2 Å². The molecule has 128 valence electrons. The van der Waals surface area contributed by atoms with Crippen LogP contribution in [-0.4, -0.2) is 34.0 Å². The maximum Gasteiger partial charge on any atom is 0.276 e. The third kappa shape index (κ3) is 4.05. The van der Waals surface area contributed by atoms with Gasteiger partial charge in [0.05, 0.1) is 12.3 Å². The molecule has 0 bridgehead atoms. The predicted molar refractivity (Wildman–Crippen MR) is 95.3 cm³/mol. The van der Waals surface area contributed by atoms with E-state index in [2.05, 4.69) is 10.4 Å². The second-order valence-corrected chi connectivity index (χ2v) is 5.47. The SMILES string of the molecule is Cc1cc(C(=O)Nc2ccc(OCCO)cc2)nn1-c1ccccc1. The predicted octanol–water partition coefficient (Wildman–Crippen LogP) is 2.80. The second kappa shape index (κ2) is 7.63. The van der Waals surface area contributed by atoms with Crippen LogP contribution in [0.4, 0.5) is 5.69 Å². The van der Waals surface area contributed by atoms with Crippen LogP contribution in [0.2, 0.25) is 0 Å². The molecule has 2 N–H and O–H groups in total. The van der Waals surface area contributed by atoms with Gasteiger partial charge in [-0.05, 0) is 49.4 Å². The fraction of sp³-hybridized carbons (Fsp3) is 0.158. The Morgan fingerprint density at radius 2 is 1.88 bits per heavy atom. The quantitative estimate of drug-likeness (QED) is 0.725. The summed E-state index contributed by atoms with van der Waals surface area (Å²) in [6.07, 6.45) is 0. The first kappa shape index (κ1) is 16.7. The molecule has 6 heteroatoms. The highest BCUT2D eigenvalue weighted by Gasteiger charge is 2.13. The molecule has 3 aromatic rings. The van der Waals surface area contributed by atoms with Gasteiger partial charge in [0, 0.05) is 11.4 Å². The lowest BCUT2D eigenvalue weighted by atomic mass is 10.3. The van der Waals surface area contributed by atoms with Crippen LogP contribution in [0.3, 0.4) is 0 Å². The van der Waals surface area contributed by atoms with Crippen LogP contribution in [0.25, 0.3) is 5.69 Å². The molecule has 0 aliphatic heterocycles. The molecule has 1 amide bonds. The molecule has 0 unspecified atom stereocenters. The Morgan fingerprint density at radius 1 is 1.16 bits per heavy atom. The van der Waals surface area contributed by atoms with Crippen LogP contribution in [0, 0.1) is 6.92 Å². The first-order chi connectivity index (χ1) is 12.2. The van der Waals surface area contributed by atoms with Crippen LogP contribution in [0.5, 0.6) is 5.75 Å². The lowest BCUT2D eigenvalue weighted by Gasteiger charge is -2.06. The molecule has 0 atom stereocenters. The van der Waals surface area contributed by atoms with Crippen molar-refractivity contribution in [3.05, 3.63) is 72.1 Å². The number of carbonyl (C=O) groups is 1. The van der Waals surface area contributed by atoms with E-state index in [1.807, 2.05) is 37.3 Å². The van der Waals surface area contributed by atoms with Crippen molar-refractivity contribution in [3.8, 4) is 11.4 Å². The number of hydrogen-bond donors (Lipinski definition) is 2. The molecule has 0 aliphatic carbocycles. The second-order valence-electron chi connectivity index (χ2n) is 5.47. The van der Waals surface area contributed by atoms with Gasteiger partial charge in [0.25, 0.3) is 5.91 Å². The fourth-order valence-corrected chi connectivity index (χ4v) is 2.41. The molecule has 25 heavy (non-hydrogen) atoms. The highest BCUT2D eigenvalue weighted by molar-refractivity contribution is 6.03. The number of benzene rings is 2. The van der Waals surface area contributed by atoms with Crippen molar-refractivity contribution in [3.63, 3.8) is 0 Å². The van der Waals surface area contributed by atoms with Gasteiger partial charge in [-0.3, -0.25) is 4.79 Å². The number of carbonyl (C=O) groups excluding carboxylic acids is 1. The Hall–Kier alpha value is -3.12. The zero-order chi connectivity index (χ0) is 17.6. The molecule has 3 rings (SSSR count). The zero-order valence-corrected chi connectivity index (χ0v) is 13.8. The van der Waals surface area contributed by atoms with Crippen LogP contribution >= 0.6 is 0 Å². The minimum absolute atomic E-state index is 0.0398. The monoisotopic (exact) mass is 337 g/mol. The molecule has 2 aromatic carbocycles. The van der Waals surface area contributed by atoms with Crippen molar-refractivity contribution < 1.29 is 14.6 Å². The van der Waals surface area contributed by atoms with Gasteiger partial charge < -0.3 is 15.2 Å². The average molecular weight is 337 g/mol. The number of hydrogen-bond acceptors (Lipinski definition) is 4. The zero-order valence-electron chi connectivity index (χ0n) is 13.8. The molecule has 0 spiro atoms. The smallest absolute Gasteiger partial charge is 0.276 e. The lowest BCUT2D eigenvalue weighted by molar-refractivity contribution is 0.102. The third-order valence-electron chi connectivity index (χ3n) is 3.59. The minimum Gasteiger partial charge on any atom is -0.491 e. The lowest BCUT2D eigenvalue weighted by Crippen LogP contribution is -2.13. The van der Waals surface area contributed by atoms with E-state index in [-0.39, 0.29) is 19.1 Å². The van der Waals surface area contributed by atoms with Gasteiger partial charge in [-0.1, -0.05) is 18.2 Å². The van der Waals surface area contributed by atoms with Gasteiger partial charge in [-0.15, -0.1) is 0 Å². The summed E-state index contributed by atoms with van der Waals surface area (Å²) in [4.78, 5) is 12.4. The molecule has 0 fully saturated rings. The van der Waals surface area contributed by atoms with Crippen molar-refractivity contribution in [1.82, 2.24) is 9.78 Å². The summed E-state index contributed by atoms with van der Waals surface area (Å²) in [6.45, 7) is 2.11. The largest absolute Gasteiger partial charge is 0.491 e. The van der Waals surface area contributed by atoms with Crippen molar-refractivity contribution in [2.24, 2.45) is 0 Å². The summed E-state index contributed by atoms with van der Waals surface area (Å²) >= 11 is 0. The highest BCUT2D eigenvalue weighted by Crippen LogP contribution is 2.17. The fourth-order valence-electron chi connectivity index (χ4n) is 2.41. The molecular weight excluding hydrogens is 318 g/mol. The number of nitrogens with zero attached hydrogens (tertiary/aromatic N) is 2. The van der Waals surface area contributed by atoms with Gasteiger partial charge >= 0.3 is 0 Å². The number of ether oxygens (including phenoxy) is 1. The van der Waals surface area contributed by atoms with E-state index in [4.69, 9.17) is 9.84 Å². The molecule has 0 saturated heterocycles. The number of aryl methyl sites for hydroxylation is 1. The minimum atomic E-state index is -0.276. The van der Waals surface area contributed by atoms with Crippen LogP contribution in [0.15, 0.2) is 60.7 Å². The molecule has 6 nitrogen and oxygen atoms in total. The standard InChI is InChI=1S/C19H19N3O3/c1-14-13-18(21-22(14)16-5-3-2-4-6-16)19(24)20-15-7-9-17(10-8-15)25-12-11-23/h2-10,13,23H,11-12H2,1H3,(H,20,24). The normalized spacial score (nSPS) is 10.5. The Morgan fingerprint density at radius 3 is 2.56 bits per heavy atom. The Labute approximate surface area is 145 Å². The summed E-state index contributed by atoms with van der Waals surface area (Å²) in [5.41, 5.74) is 2.78. The maximum atomic E-state index is 12.4. The van der Waals surface area contributed by atoms with E-state index in [0.717, 1.165) is 11.4 Å². The summed E-state index contributed by atoms with van der Waals surface area (Å²) in [5, 5.41) is 15.9. The van der Waals surface area contributed by atoms with Crippen molar-refractivity contribution in [2.75, 3.05) is 18.5 Å². The Balaban J connectivity index is 1.71. The van der Waals surface area contributed by atoms with Crippen molar-refractivity contribution in [2.45, 2.75) is 6.92 Å². The number of aliphatic hydroxyl groups excluding tert-OH is 1. The molecule has 0 saturated carbocycles. The number of nitrogens with one attached hydrogen (secondary N) is 1. The highest BCUT2D eigenvalue weighted by atomic mass is 16.5. The number of aromatic nitrogens is 2. The molecule has 0 aliphatic rings. The first-order valence-electron chi connectivity index (χ1n) is 7.94. The summed E-state index contributed by atoms with van der Waals surface area (Å²) in [7, 11) is 0. The maximum absolute atomic E-state index is 12.4. The third-order valence-corrected chi connectivity index (χ3v) is 3.59. The number of rotatable bonds is 6. The molecular formula is C19H19N3O3.